The summed E-state index contributed by atoms with van der Waals surface area (Å²) in [4.78, 5) is 1.33. The molecule has 1 aromatic heterocycles. The maximum Gasteiger partial charge on any atom is 0.166 e. The molecule has 3 aromatic rings. The smallest absolute Gasteiger partial charge is 0.166 e. The molecule has 0 saturated carbocycles. The third-order valence-electron chi connectivity index (χ3n) is 4.06. The summed E-state index contributed by atoms with van der Waals surface area (Å²) < 4.78 is 12.0. The molecule has 0 spiro atoms. The number of para-hydroxylation sites is 1. The monoisotopic (exact) mass is 367 g/mol. The van der Waals surface area contributed by atoms with E-state index in [-0.39, 0.29) is 0 Å². The molecule has 3 nitrogen and oxygen atoms in total. The summed E-state index contributed by atoms with van der Waals surface area (Å²) in [5, 5.41) is 5.59. The first-order chi connectivity index (χ1) is 12.8. The van der Waals surface area contributed by atoms with Gasteiger partial charge in [0, 0.05) is 23.5 Å². The van der Waals surface area contributed by atoms with Gasteiger partial charge in [0.25, 0.3) is 0 Å². The number of hydrogen-bond acceptors (Lipinski definition) is 4. The Morgan fingerprint density at radius 1 is 0.923 bits per heavy atom. The van der Waals surface area contributed by atoms with Crippen molar-refractivity contribution in [2.75, 3.05) is 6.61 Å². The number of ether oxygens (including phenoxy) is 2. The van der Waals surface area contributed by atoms with E-state index in [1.807, 2.05) is 19.1 Å². The zero-order valence-electron chi connectivity index (χ0n) is 15.3. The van der Waals surface area contributed by atoms with Gasteiger partial charge in [-0.15, -0.1) is 11.3 Å². The van der Waals surface area contributed by atoms with E-state index in [1.165, 1.54) is 10.4 Å². The standard InChI is InChI=1S/C22H25NO2S/c1-3-24-21-8-4-6-19(14-23-15-20-7-5-13-26-20)22(21)25-16-18-11-9-17(2)10-12-18/h4-13,23H,3,14-16H2,1-2H3. The van der Waals surface area contributed by atoms with Crippen LogP contribution in [0, 0.1) is 6.92 Å². The molecule has 1 N–H and O–H groups in total. The highest BCUT2D eigenvalue weighted by atomic mass is 32.1. The van der Waals surface area contributed by atoms with E-state index in [0.717, 1.165) is 35.7 Å². The van der Waals surface area contributed by atoms with Crippen LogP contribution in [0.5, 0.6) is 11.5 Å². The first kappa shape index (κ1) is 18.5. The van der Waals surface area contributed by atoms with Gasteiger partial charge in [0.15, 0.2) is 11.5 Å². The lowest BCUT2D eigenvalue weighted by atomic mass is 10.1. The normalized spacial score (nSPS) is 10.7. The third kappa shape index (κ3) is 5.10. The number of hydrogen-bond donors (Lipinski definition) is 1. The first-order valence-electron chi connectivity index (χ1n) is 8.92. The lowest BCUT2D eigenvalue weighted by molar-refractivity contribution is 0.266. The number of nitrogens with one attached hydrogen (secondary N) is 1. The molecule has 0 fully saturated rings. The van der Waals surface area contributed by atoms with Crippen LogP contribution in [0.15, 0.2) is 60.0 Å². The highest BCUT2D eigenvalue weighted by Crippen LogP contribution is 2.32. The molecule has 0 radical (unpaired) electrons. The van der Waals surface area contributed by atoms with Gasteiger partial charge < -0.3 is 14.8 Å². The summed E-state index contributed by atoms with van der Waals surface area (Å²) in [6, 6.07) is 18.7. The second kappa shape index (κ2) is 9.41. The Hall–Kier alpha value is -2.30. The highest BCUT2D eigenvalue weighted by molar-refractivity contribution is 7.09. The van der Waals surface area contributed by atoms with Crippen LogP contribution in [0.4, 0.5) is 0 Å². The van der Waals surface area contributed by atoms with E-state index in [1.54, 1.807) is 11.3 Å². The zero-order chi connectivity index (χ0) is 18.2. The maximum absolute atomic E-state index is 6.17. The van der Waals surface area contributed by atoms with Crippen molar-refractivity contribution in [2.24, 2.45) is 0 Å². The molecule has 3 rings (SSSR count). The lowest BCUT2D eigenvalue weighted by Crippen LogP contribution is -2.13. The fourth-order valence-electron chi connectivity index (χ4n) is 2.71. The molecule has 1 heterocycles. The Kier molecular flexibility index (Phi) is 6.69. The maximum atomic E-state index is 6.17. The minimum atomic E-state index is 0.530. The Morgan fingerprint density at radius 2 is 1.77 bits per heavy atom. The van der Waals surface area contributed by atoms with Gasteiger partial charge in [-0.2, -0.15) is 0 Å². The van der Waals surface area contributed by atoms with Crippen molar-refractivity contribution in [3.8, 4) is 11.5 Å². The summed E-state index contributed by atoms with van der Waals surface area (Å²) >= 11 is 1.76. The van der Waals surface area contributed by atoms with Crippen molar-refractivity contribution in [1.82, 2.24) is 5.32 Å². The molecular weight excluding hydrogens is 342 g/mol. The molecule has 0 unspecified atom stereocenters. The minimum Gasteiger partial charge on any atom is -0.490 e. The summed E-state index contributed by atoms with van der Waals surface area (Å²) in [6.45, 7) is 6.82. The number of thiophene rings is 1. The van der Waals surface area contributed by atoms with Gasteiger partial charge in [-0.3, -0.25) is 0 Å². The number of benzene rings is 2. The average molecular weight is 368 g/mol. The molecule has 2 aromatic carbocycles. The molecule has 0 saturated heterocycles. The van der Waals surface area contributed by atoms with E-state index in [4.69, 9.17) is 9.47 Å². The molecular formula is C22H25NO2S. The third-order valence-corrected chi connectivity index (χ3v) is 4.94. The summed E-state index contributed by atoms with van der Waals surface area (Å²) in [5.74, 6) is 1.63. The number of aryl methyl sites for hydroxylation is 1. The minimum absolute atomic E-state index is 0.530. The molecule has 0 aliphatic rings. The predicted octanol–water partition coefficient (Wildman–Crippen LogP) is 5.32. The van der Waals surface area contributed by atoms with Crippen LogP contribution in [-0.4, -0.2) is 6.61 Å². The van der Waals surface area contributed by atoms with Crippen molar-refractivity contribution < 1.29 is 9.47 Å². The van der Waals surface area contributed by atoms with Gasteiger partial charge >= 0.3 is 0 Å². The average Bonchev–Trinajstić information content (AvgIpc) is 3.16. The van der Waals surface area contributed by atoms with Gasteiger partial charge in [-0.1, -0.05) is 48.0 Å². The van der Waals surface area contributed by atoms with Gasteiger partial charge in [0.2, 0.25) is 0 Å². The van der Waals surface area contributed by atoms with E-state index in [0.29, 0.717) is 13.2 Å². The fraction of sp³-hybridized carbons (Fsp3) is 0.273. The number of rotatable bonds is 9. The van der Waals surface area contributed by atoms with Crippen LogP contribution in [0.2, 0.25) is 0 Å². The Balaban J connectivity index is 1.70. The topological polar surface area (TPSA) is 30.5 Å². The van der Waals surface area contributed by atoms with Crippen LogP contribution < -0.4 is 14.8 Å². The largest absolute Gasteiger partial charge is 0.490 e. The van der Waals surface area contributed by atoms with Crippen molar-refractivity contribution in [3.63, 3.8) is 0 Å². The molecule has 4 heteroatoms. The quantitative estimate of drug-likeness (QED) is 0.555. The molecule has 0 aliphatic carbocycles. The van der Waals surface area contributed by atoms with E-state index in [2.05, 4.69) is 60.1 Å². The van der Waals surface area contributed by atoms with Crippen molar-refractivity contribution in [2.45, 2.75) is 33.5 Å². The van der Waals surface area contributed by atoms with E-state index >= 15 is 0 Å². The van der Waals surface area contributed by atoms with Gasteiger partial charge in [-0.25, -0.2) is 0 Å². The second-order valence-electron chi connectivity index (χ2n) is 6.13. The molecule has 26 heavy (non-hydrogen) atoms. The lowest BCUT2D eigenvalue weighted by Gasteiger charge is -2.16. The molecule has 0 aliphatic heterocycles. The van der Waals surface area contributed by atoms with Gasteiger partial charge in [0.05, 0.1) is 6.61 Å². The van der Waals surface area contributed by atoms with Gasteiger partial charge in [-0.05, 0) is 36.9 Å². The Labute approximate surface area is 159 Å². The molecule has 136 valence electrons. The summed E-state index contributed by atoms with van der Waals surface area (Å²) in [6.07, 6.45) is 0. The van der Waals surface area contributed by atoms with E-state index < -0.39 is 0 Å². The van der Waals surface area contributed by atoms with Crippen LogP contribution in [0.25, 0.3) is 0 Å². The van der Waals surface area contributed by atoms with Crippen LogP contribution in [0.1, 0.15) is 28.5 Å². The fourth-order valence-corrected chi connectivity index (χ4v) is 3.38. The summed E-state index contributed by atoms with van der Waals surface area (Å²) in [5.41, 5.74) is 3.51. The van der Waals surface area contributed by atoms with Crippen molar-refractivity contribution in [3.05, 3.63) is 81.5 Å². The Morgan fingerprint density at radius 3 is 2.50 bits per heavy atom. The molecule has 0 amide bonds. The van der Waals surface area contributed by atoms with Crippen molar-refractivity contribution >= 4 is 11.3 Å². The molecule has 0 atom stereocenters. The highest BCUT2D eigenvalue weighted by Gasteiger charge is 2.11. The zero-order valence-corrected chi connectivity index (χ0v) is 16.1. The predicted molar refractivity (Wildman–Crippen MR) is 108 cm³/mol. The SMILES string of the molecule is CCOc1cccc(CNCc2cccs2)c1OCc1ccc(C)cc1. The molecule has 0 bridgehead atoms. The van der Waals surface area contributed by atoms with Crippen LogP contribution in [0.3, 0.4) is 0 Å². The second-order valence-corrected chi connectivity index (χ2v) is 7.17. The first-order valence-corrected chi connectivity index (χ1v) is 9.80. The van der Waals surface area contributed by atoms with E-state index in [9.17, 15) is 0 Å². The van der Waals surface area contributed by atoms with Crippen LogP contribution in [-0.2, 0) is 19.7 Å². The van der Waals surface area contributed by atoms with Crippen LogP contribution >= 0.6 is 11.3 Å². The van der Waals surface area contributed by atoms with Crippen molar-refractivity contribution in [1.29, 1.82) is 0 Å². The van der Waals surface area contributed by atoms with Gasteiger partial charge in [0.1, 0.15) is 6.61 Å². The Bertz CT molecular complexity index is 798. The summed E-state index contributed by atoms with van der Waals surface area (Å²) in [7, 11) is 0.